The van der Waals surface area contributed by atoms with E-state index in [9.17, 15) is 13.6 Å². The van der Waals surface area contributed by atoms with Crippen LogP contribution in [-0.2, 0) is 17.8 Å². The van der Waals surface area contributed by atoms with E-state index in [1.807, 2.05) is 0 Å². The fraction of sp³-hybridized carbons (Fsp3) is 0.471. The van der Waals surface area contributed by atoms with Crippen LogP contribution in [0.1, 0.15) is 18.4 Å². The molecule has 1 aliphatic rings. The Morgan fingerprint density at radius 2 is 2.37 bits per heavy atom. The normalized spacial score (nSPS) is 16.5. The minimum absolute atomic E-state index is 0.0717. The van der Waals surface area contributed by atoms with Gasteiger partial charge in [-0.3, -0.25) is 4.68 Å². The minimum Gasteiger partial charge on any atom is -0.471 e. The molecule has 3 rings (SSSR count). The maximum absolute atomic E-state index is 12.3. The van der Waals surface area contributed by atoms with Gasteiger partial charge < -0.3 is 20.1 Å². The number of hydrogen-bond donors (Lipinski definition) is 2. The quantitative estimate of drug-likeness (QED) is 0.733. The smallest absolute Gasteiger partial charge is 0.319 e. The molecule has 0 radical (unpaired) electrons. The zero-order valence-electron chi connectivity index (χ0n) is 14.6. The average Bonchev–Trinajstić information content (AvgIpc) is 3.31. The Kier molecular flexibility index (Phi) is 6.53. The van der Waals surface area contributed by atoms with Crippen LogP contribution in [0.5, 0.6) is 5.88 Å². The van der Waals surface area contributed by atoms with Crippen LogP contribution >= 0.6 is 0 Å². The molecule has 0 aromatic carbocycles. The van der Waals surface area contributed by atoms with Crippen LogP contribution in [0.25, 0.3) is 0 Å². The number of anilines is 1. The van der Waals surface area contributed by atoms with Crippen molar-refractivity contribution in [3.63, 3.8) is 0 Å². The lowest BCUT2D eigenvalue weighted by Gasteiger charge is -2.11. The predicted octanol–water partition coefficient (Wildman–Crippen LogP) is 2.42. The summed E-state index contributed by atoms with van der Waals surface area (Å²) in [5.74, 6) is 0.0717. The second-order valence-electron chi connectivity index (χ2n) is 6.06. The molecule has 2 aromatic rings. The standard InChI is InChI=1S/C17H21F2N5O3/c18-15(19)11-27-16-12(3-1-5-20-16)7-21-17(25)23-13-8-22-24(9-13)10-14-4-2-6-26-14/h1,3,5,8-9,14-15H,2,4,6-7,10-11H2,(H2,21,23,25). The highest BCUT2D eigenvalue weighted by Gasteiger charge is 2.16. The summed E-state index contributed by atoms with van der Waals surface area (Å²) < 4.78 is 36.8. The molecule has 1 aliphatic heterocycles. The van der Waals surface area contributed by atoms with E-state index in [4.69, 9.17) is 9.47 Å². The van der Waals surface area contributed by atoms with Gasteiger partial charge in [-0.25, -0.2) is 18.6 Å². The number of urea groups is 1. The Morgan fingerprint density at radius 3 is 3.15 bits per heavy atom. The van der Waals surface area contributed by atoms with Crippen molar-refractivity contribution in [2.45, 2.75) is 38.5 Å². The number of amides is 2. The highest BCUT2D eigenvalue weighted by atomic mass is 19.3. The monoisotopic (exact) mass is 381 g/mol. The summed E-state index contributed by atoms with van der Waals surface area (Å²) in [4.78, 5) is 16.0. The lowest BCUT2D eigenvalue weighted by atomic mass is 10.2. The van der Waals surface area contributed by atoms with Gasteiger partial charge in [0.2, 0.25) is 5.88 Å². The van der Waals surface area contributed by atoms with Crippen molar-refractivity contribution in [2.75, 3.05) is 18.5 Å². The molecule has 0 spiro atoms. The first-order valence-corrected chi connectivity index (χ1v) is 8.64. The van der Waals surface area contributed by atoms with Crippen LogP contribution in [0.2, 0.25) is 0 Å². The second kappa shape index (κ2) is 9.26. The molecular weight excluding hydrogens is 360 g/mol. The molecule has 3 heterocycles. The van der Waals surface area contributed by atoms with Gasteiger partial charge in [0, 0.05) is 31.1 Å². The van der Waals surface area contributed by atoms with Gasteiger partial charge >= 0.3 is 6.03 Å². The van der Waals surface area contributed by atoms with E-state index in [2.05, 4.69) is 20.7 Å². The number of nitrogens with one attached hydrogen (secondary N) is 2. The van der Waals surface area contributed by atoms with E-state index >= 15 is 0 Å². The van der Waals surface area contributed by atoms with Crippen LogP contribution in [0.3, 0.4) is 0 Å². The molecular formula is C17H21F2N5O3. The molecule has 0 bridgehead atoms. The van der Waals surface area contributed by atoms with E-state index in [-0.39, 0.29) is 18.5 Å². The summed E-state index contributed by atoms with van der Waals surface area (Å²) in [6.45, 7) is 0.753. The number of carbonyl (C=O) groups excluding carboxylic acids is 1. The maximum Gasteiger partial charge on any atom is 0.319 e. The van der Waals surface area contributed by atoms with Crippen molar-refractivity contribution < 1.29 is 23.0 Å². The summed E-state index contributed by atoms with van der Waals surface area (Å²) in [5.41, 5.74) is 1.05. The van der Waals surface area contributed by atoms with E-state index in [1.54, 1.807) is 29.2 Å². The van der Waals surface area contributed by atoms with Crippen LogP contribution in [0.15, 0.2) is 30.7 Å². The van der Waals surface area contributed by atoms with Gasteiger partial charge in [0.25, 0.3) is 6.43 Å². The van der Waals surface area contributed by atoms with Crippen LogP contribution in [0.4, 0.5) is 19.3 Å². The molecule has 1 fully saturated rings. The zero-order chi connectivity index (χ0) is 19.1. The summed E-state index contributed by atoms with van der Waals surface area (Å²) in [6.07, 6.45) is 4.33. The minimum atomic E-state index is -2.60. The fourth-order valence-electron chi connectivity index (χ4n) is 2.71. The summed E-state index contributed by atoms with van der Waals surface area (Å²) >= 11 is 0. The number of ether oxygens (including phenoxy) is 2. The van der Waals surface area contributed by atoms with E-state index in [0.717, 1.165) is 19.4 Å². The number of halogens is 2. The highest BCUT2D eigenvalue weighted by molar-refractivity contribution is 5.88. The Labute approximate surface area is 154 Å². The van der Waals surface area contributed by atoms with Crippen molar-refractivity contribution in [3.8, 4) is 5.88 Å². The van der Waals surface area contributed by atoms with Crippen LogP contribution in [-0.4, -0.2) is 46.5 Å². The maximum atomic E-state index is 12.3. The molecule has 1 atom stereocenters. The van der Waals surface area contributed by atoms with Gasteiger partial charge in [-0.2, -0.15) is 5.10 Å². The van der Waals surface area contributed by atoms with Gasteiger partial charge in [-0.05, 0) is 18.9 Å². The van der Waals surface area contributed by atoms with Crippen molar-refractivity contribution in [2.24, 2.45) is 0 Å². The van der Waals surface area contributed by atoms with Crippen molar-refractivity contribution in [1.82, 2.24) is 20.1 Å². The lowest BCUT2D eigenvalue weighted by Crippen LogP contribution is -2.28. The molecule has 2 aromatic heterocycles. The molecule has 2 amide bonds. The molecule has 0 saturated carbocycles. The van der Waals surface area contributed by atoms with Crippen LogP contribution < -0.4 is 15.4 Å². The summed E-state index contributed by atoms with van der Waals surface area (Å²) in [5, 5.41) is 9.51. The largest absolute Gasteiger partial charge is 0.471 e. The Balaban J connectivity index is 1.48. The SMILES string of the molecule is O=C(NCc1cccnc1OCC(F)F)Nc1cnn(CC2CCCO2)c1. The highest BCUT2D eigenvalue weighted by Crippen LogP contribution is 2.16. The van der Waals surface area contributed by atoms with Crippen molar-refractivity contribution in [3.05, 3.63) is 36.3 Å². The van der Waals surface area contributed by atoms with Gasteiger partial charge in [-0.15, -0.1) is 0 Å². The first kappa shape index (κ1) is 19.0. The third kappa shape index (κ3) is 5.88. The zero-order valence-corrected chi connectivity index (χ0v) is 14.6. The van der Waals surface area contributed by atoms with Crippen molar-refractivity contribution >= 4 is 11.7 Å². The number of nitrogens with zero attached hydrogens (tertiary/aromatic N) is 3. The summed E-state index contributed by atoms with van der Waals surface area (Å²) in [6, 6.07) is 2.84. The number of aromatic nitrogens is 3. The first-order valence-electron chi connectivity index (χ1n) is 8.64. The van der Waals surface area contributed by atoms with Crippen LogP contribution in [0, 0.1) is 0 Å². The number of alkyl halides is 2. The lowest BCUT2D eigenvalue weighted by molar-refractivity contribution is 0.0790. The van der Waals surface area contributed by atoms with Gasteiger partial charge in [0.05, 0.1) is 24.5 Å². The third-order valence-electron chi connectivity index (χ3n) is 3.94. The first-order chi connectivity index (χ1) is 13.1. The molecule has 1 unspecified atom stereocenters. The summed E-state index contributed by atoms with van der Waals surface area (Å²) in [7, 11) is 0. The Hall–Kier alpha value is -2.75. The number of carbonyl (C=O) groups is 1. The average molecular weight is 381 g/mol. The Morgan fingerprint density at radius 1 is 1.48 bits per heavy atom. The van der Waals surface area contributed by atoms with Gasteiger partial charge in [0.1, 0.15) is 0 Å². The van der Waals surface area contributed by atoms with E-state index in [0.29, 0.717) is 17.8 Å². The topological polar surface area (TPSA) is 90.3 Å². The fourth-order valence-corrected chi connectivity index (χ4v) is 2.71. The molecule has 2 N–H and O–H groups in total. The number of hydrogen-bond acceptors (Lipinski definition) is 5. The van der Waals surface area contributed by atoms with Crippen molar-refractivity contribution in [1.29, 1.82) is 0 Å². The number of rotatable bonds is 8. The molecule has 27 heavy (non-hydrogen) atoms. The second-order valence-corrected chi connectivity index (χ2v) is 6.06. The molecule has 0 aliphatic carbocycles. The molecule has 1 saturated heterocycles. The number of pyridine rings is 1. The van der Waals surface area contributed by atoms with Gasteiger partial charge in [0.15, 0.2) is 6.61 Å². The molecule has 10 heteroatoms. The van der Waals surface area contributed by atoms with E-state index in [1.165, 1.54) is 6.20 Å². The third-order valence-corrected chi connectivity index (χ3v) is 3.94. The van der Waals surface area contributed by atoms with E-state index < -0.39 is 19.1 Å². The molecule has 8 nitrogen and oxygen atoms in total. The predicted molar refractivity (Wildman–Crippen MR) is 92.8 cm³/mol. The Bertz CT molecular complexity index is 750. The molecule has 146 valence electrons. The van der Waals surface area contributed by atoms with Gasteiger partial charge in [-0.1, -0.05) is 6.07 Å².